The van der Waals surface area contributed by atoms with Crippen LogP contribution in [-0.4, -0.2) is 23.4 Å². The van der Waals surface area contributed by atoms with Crippen molar-refractivity contribution in [2.45, 2.75) is 65.8 Å². The van der Waals surface area contributed by atoms with Crippen molar-refractivity contribution in [2.24, 2.45) is 0 Å². The largest absolute Gasteiger partial charge is 0.340 e. The summed E-state index contributed by atoms with van der Waals surface area (Å²) in [6, 6.07) is 0.465. The molecule has 0 saturated heterocycles. The summed E-state index contributed by atoms with van der Waals surface area (Å²) in [7, 11) is 0. The molecule has 0 N–H and O–H groups in total. The van der Waals surface area contributed by atoms with Crippen molar-refractivity contribution < 1.29 is 4.79 Å². The highest BCUT2D eigenvalue weighted by Crippen LogP contribution is 2.13. The number of nitrogens with zero attached hydrogens (tertiary/aromatic N) is 1. The van der Waals surface area contributed by atoms with Crippen LogP contribution in [0.5, 0.6) is 0 Å². The lowest BCUT2D eigenvalue weighted by atomic mass is 10.1. The molecule has 0 aliphatic heterocycles. The quantitative estimate of drug-likeness (QED) is 0.616. The lowest BCUT2D eigenvalue weighted by Gasteiger charge is -2.30. The van der Waals surface area contributed by atoms with Crippen molar-refractivity contribution in [3.8, 4) is 0 Å². The number of hydrogen-bond donors (Lipinski definition) is 0. The molecule has 1 amide bonds. The van der Waals surface area contributed by atoms with Crippen LogP contribution in [0.2, 0.25) is 0 Å². The first-order chi connectivity index (χ1) is 6.71. The molecule has 0 rings (SSSR count). The van der Waals surface area contributed by atoms with E-state index in [4.69, 9.17) is 0 Å². The van der Waals surface area contributed by atoms with Crippen LogP contribution in [0.25, 0.3) is 0 Å². The van der Waals surface area contributed by atoms with Gasteiger partial charge in [-0.25, -0.2) is 0 Å². The zero-order chi connectivity index (χ0) is 11.0. The number of amides is 1. The molecule has 1 atom stereocenters. The van der Waals surface area contributed by atoms with Crippen molar-refractivity contribution in [2.75, 3.05) is 6.54 Å². The first kappa shape index (κ1) is 13.5. The molecule has 0 radical (unpaired) electrons. The Morgan fingerprint density at radius 2 is 1.86 bits per heavy atom. The minimum Gasteiger partial charge on any atom is -0.340 e. The van der Waals surface area contributed by atoms with E-state index in [1.165, 1.54) is 12.8 Å². The number of rotatable bonds is 7. The van der Waals surface area contributed by atoms with Crippen molar-refractivity contribution in [1.82, 2.24) is 4.90 Å². The Balaban J connectivity index is 4.21. The van der Waals surface area contributed by atoms with Gasteiger partial charge in [0, 0.05) is 19.0 Å². The van der Waals surface area contributed by atoms with Gasteiger partial charge in [-0.3, -0.25) is 4.79 Å². The molecule has 1 unspecified atom stereocenters. The number of carbonyl (C=O) groups excluding carboxylic acids is 1. The molecule has 0 saturated carbocycles. The van der Waals surface area contributed by atoms with E-state index in [0.717, 1.165) is 19.4 Å². The third-order valence-corrected chi connectivity index (χ3v) is 2.77. The molecule has 2 nitrogen and oxygen atoms in total. The van der Waals surface area contributed by atoms with Gasteiger partial charge in [0.25, 0.3) is 0 Å². The van der Waals surface area contributed by atoms with Gasteiger partial charge in [0.15, 0.2) is 0 Å². The molecule has 0 aliphatic carbocycles. The van der Waals surface area contributed by atoms with E-state index in [-0.39, 0.29) is 0 Å². The van der Waals surface area contributed by atoms with Crippen molar-refractivity contribution in [3.63, 3.8) is 0 Å². The Morgan fingerprint density at radius 1 is 1.21 bits per heavy atom. The monoisotopic (exact) mass is 199 g/mol. The topological polar surface area (TPSA) is 20.3 Å². The second-order valence-corrected chi connectivity index (χ2v) is 3.74. The Hall–Kier alpha value is -0.530. The van der Waals surface area contributed by atoms with Gasteiger partial charge in [-0.2, -0.15) is 0 Å². The molecule has 0 aromatic rings. The maximum absolute atomic E-state index is 11.6. The third kappa shape index (κ3) is 4.12. The van der Waals surface area contributed by atoms with E-state index in [9.17, 15) is 4.79 Å². The number of carbonyl (C=O) groups is 1. The van der Waals surface area contributed by atoms with E-state index < -0.39 is 0 Å². The van der Waals surface area contributed by atoms with E-state index in [2.05, 4.69) is 20.8 Å². The normalized spacial score (nSPS) is 12.6. The second kappa shape index (κ2) is 7.84. The first-order valence-electron chi connectivity index (χ1n) is 6.00. The smallest absolute Gasteiger partial charge is 0.222 e. The van der Waals surface area contributed by atoms with Crippen LogP contribution in [0.4, 0.5) is 0 Å². The van der Waals surface area contributed by atoms with Crippen LogP contribution in [0, 0.1) is 0 Å². The highest BCUT2D eigenvalue weighted by molar-refractivity contribution is 5.76. The summed E-state index contributed by atoms with van der Waals surface area (Å²) in [6.45, 7) is 9.24. The van der Waals surface area contributed by atoms with Gasteiger partial charge in [-0.1, -0.05) is 33.6 Å². The fourth-order valence-electron chi connectivity index (χ4n) is 1.86. The SMILES string of the molecule is CCCCC(CC)N(CC)C(=O)CC. The summed E-state index contributed by atoms with van der Waals surface area (Å²) in [4.78, 5) is 13.7. The summed E-state index contributed by atoms with van der Waals surface area (Å²) in [5, 5.41) is 0. The van der Waals surface area contributed by atoms with E-state index in [1.54, 1.807) is 0 Å². The standard InChI is InChI=1S/C12H25NO/c1-5-9-10-11(6-2)13(8-4)12(14)7-3/h11H,5-10H2,1-4H3. The predicted molar refractivity (Wildman–Crippen MR) is 61.3 cm³/mol. The summed E-state index contributed by atoms with van der Waals surface area (Å²) in [5.74, 6) is 0.301. The van der Waals surface area contributed by atoms with Gasteiger partial charge in [-0.05, 0) is 19.8 Å². The summed E-state index contributed by atoms with van der Waals surface area (Å²) in [6.07, 6.45) is 5.32. The average Bonchev–Trinajstić information content (AvgIpc) is 2.23. The molecule has 14 heavy (non-hydrogen) atoms. The molecule has 0 spiro atoms. The molecule has 0 fully saturated rings. The van der Waals surface area contributed by atoms with Crippen molar-refractivity contribution in [3.05, 3.63) is 0 Å². The van der Waals surface area contributed by atoms with Gasteiger partial charge in [0.1, 0.15) is 0 Å². The van der Waals surface area contributed by atoms with Crippen LogP contribution in [-0.2, 0) is 4.79 Å². The summed E-state index contributed by atoms with van der Waals surface area (Å²) >= 11 is 0. The first-order valence-corrected chi connectivity index (χ1v) is 6.00. The van der Waals surface area contributed by atoms with E-state index in [0.29, 0.717) is 18.4 Å². The van der Waals surface area contributed by atoms with Crippen LogP contribution >= 0.6 is 0 Å². The van der Waals surface area contributed by atoms with Gasteiger partial charge in [-0.15, -0.1) is 0 Å². The number of unbranched alkanes of at least 4 members (excludes halogenated alkanes) is 1. The zero-order valence-electron chi connectivity index (χ0n) is 10.2. The fraction of sp³-hybridized carbons (Fsp3) is 0.917. The molecular weight excluding hydrogens is 174 g/mol. The molecule has 0 aromatic heterocycles. The molecule has 84 valence electrons. The predicted octanol–water partition coefficient (Wildman–Crippen LogP) is 3.21. The Labute approximate surface area is 88.7 Å². The average molecular weight is 199 g/mol. The highest BCUT2D eigenvalue weighted by Gasteiger charge is 2.18. The highest BCUT2D eigenvalue weighted by atomic mass is 16.2. The molecule has 2 heteroatoms. The van der Waals surface area contributed by atoms with Gasteiger partial charge >= 0.3 is 0 Å². The minimum atomic E-state index is 0.301. The molecular formula is C12H25NO. The zero-order valence-corrected chi connectivity index (χ0v) is 10.2. The molecule has 0 aromatic carbocycles. The van der Waals surface area contributed by atoms with E-state index >= 15 is 0 Å². The lowest BCUT2D eigenvalue weighted by molar-refractivity contribution is -0.133. The van der Waals surface area contributed by atoms with Gasteiger partial charge in [0.2, 0.25) is 5.91 Å². The van der Waals surface area contributed by atoms with Crippen molar-refractivity contribution in [1.29, 1.82) is 0 Å². The Bertz CT molecular complexity index is 156. The Morgan fingerprint density at radius 3 is 2.21 bits per heavy atom. The van der Waals surface area contributed by atoms with Crippen LogP contribution in [0.1, 0.15) is 59.8 Å². The summed E-state index contributed by atoms with van der Waals surface area (Å²) < 4.78 is 0. The van der Waals surface area contributed by atoms with Crippen molar-refractivity contribution >= 4 is 5.91 Å². The van der Waals surface area contributed by atoms with E-state index in [1.807, 2.05) is 11.8 Å². The number of hydrogen-bond acceptors (Lipinski definition) is 1. The molecule has 0 bridgehead atoms. The van der Waals surface area contributed by atoms with Crippen LogP contribution in [0.15, 0.2) is 0 Å². The fourth-order valence-corrected chi connectivity index (χ4v) is 1.86. The van der Waals surface area contributed by atoms with Crippen LogP contribution in [0.3, 0.4) is 0 Å². The maximum atomic E-state index is 11.6. The maximum Gasteiger partial charge on any atom is 0.222 e. The molecule has 0 aliphatic rings. The lowest BCUT2D eigenvalue weighted by Crippen LogP contribution is -2.39. The van der Waals surface area contributed by atoms with Gasteiger partial charge in [0.05, 0.1) is 0 Å². The molecule has 0 heterocycles. The third-order valence-electron chi connectivity index (χ3n) is 2.77. The summed E-state index contributed by atoms with van der Waals surface area (Å²) in [5.41, 5.74) is 0. The second-order valence-electron chi connectivity index (χ2n) is 3.74. The minimum absolute atomic E-state index is 0.301. The Kier molecular flexibility index (Phi) is 7.54. The van der Waals surface area contributed by atoms with Crippen LogP contribution < -0.4 is 0 Å². The van der Waals surface area contributed by atoms with Gasteiger partial charge < -0.3 is 4.90 Å².